The van der Waals surface area contributed by atoms with Gasteiger partial charge in [-0.15, -0.1) is 0 Å². The molecule has 1 amide bonds. The van der Waals surface area contributed by atoms with Crippen molar-refractivity contribution >= 4 is 22.7 Å². The van der Waals surface area contributed by atoms with Gasteiger partial charge < -0.3 is 9.15 Å². The number of carbonyl (C=O) groups is 1. The molecule has 5 heteroatoms. The fourth-order valence-corrected chi connectivity index (χ4v) is 4.64. The lowest BCUT2D eigenvalue weighted by atomic mass is 9.98. The fourth-order valence-electron chi connectivity index (χ4n) is 4.64. The first-order valence-electron chi connectivity index (χ1n) is 10.2. The summed E-state index contributed by atoms with van der Waals surface area (Å²) in [5, 5.41) is 1.07. The van der Waals surface area contributed by atoms with Crippen molar-refractivity contribution in [3.63, 3.8) is 0 Å². The quantitative estimate of drug-likeness (QED) is 0.630. The third-order valence-electron chi connectivity index (χ3n) is 6.19. The van der Waals surface area contributed by atoms with Crippen LogP contribution in [0.15, 0.2) is 58.1 Å². The van der Waals surface area contributed by atoms with Crippen molar-refractivity contribution in [1.82, 2.24) is 4.90 Å². The van der Waals surface area contributed by atoms with E-state index in [1.54, 1.807) is 13.4 Å². The summed E-state index contributed by atoms with van der Waals surface area (Å²) in [6.07, 6.45) is 5.51. The highest BCUT2D eigenvalue weighted by Gasteiger charge is 2.49. The lowest BCUT2D eigenvalue weighted by Gasteiger charge is -2.21. The number of amidine groups is 1. The highest BCUT2D eigenvalue weighted by atomic mass is 16.5. The number of rotatable bonds is 4. The van der Waals surface area contributed by atoms with Gasteiger partial charge >= 0.3 is 0 Å². The minimum atomic E-state index is -0.554. The first-order valence-corrected chi connectivity index (χ1v) is 10.2. The molecule has 1 spiro atoms. The first kappa shape index (κ1) is 18.0. The molecule has 2 heterocycles. The molecule has 0 N–H and O–H groups in total. The van der Waals surface area contributed by atoms with Crippen molar-refractivity contribution in [2.24, 2.45) is 4.99 Å². The van der Waals surface area contributed by atoms with Gasteiger partial charge in [-0.25, -0.2) is 0 Å². The van der Waals surface area contributed by atoms with Crippen LogP contribution in [0.5, 0.6) is 5.75 Å². The zero-order valence-corrected chi connectivity index (χ0v) is 16.8. The van der Waals surface area contributed by atoms with Crippen molar-refractivity contribution in [1.29, 1.82) is 0 Å². The van der Waals surface area contributed by atoms with Crippen molar-refractivity contribution in [3.05, 3.63) is 54.3 Å². The average molecular weight is 388 g/mol. The van der Waals surface area contributed by atoms with Gasteiger partial charge in [0.1, 0.15) is 22.7 Å². The monoisotopic (exact) mass is 388 g/mol. The summed E-state index contributed by atoms with van der Waals surface area (Å²) in [6.45, 7) is 2.61. The van der Waals surface area contributed by atoms with Gasteiger partial charge in [-0.2, -0.15) is 0 Å². The maximum absolute atomic E-state index is 13.1. The van der Waals surface area contributed by atoms with Crippen LogP contribution in [0.3, 0.4) is 0 Å². The van der Waals surface area contributed by atoms with Gasteiger partial charge in [0, 0.05) is 11.9 Å². The van der Waals surface area contributed by atoms with Crippen molar-refractivity contribution in [2.75, 3.05) is 13.7 Å². The Morgan fingerprint density at radius 3 is 2.62 bits per heavy atom. The lowest BCUT2D eigenvalue weighted by Crippen LogP contribution is -2.41. The lowest BCUT2D eigenvalue weighted by molar-refractivity contribution is -0.130. The molecule has 1 aliphatic heterocycles. The molecule has 3 aromatic rings. The van der Waals surface area contributed by atoms with Crippen LogP contribution in [0.1, 0.15) is 38.2 Å². The van der Waals surface area contributed by atoms with Crippen molar-refractivity contribution in [3.8, 4) is 16.9 Å². The number of furan rings is 1. The second kappa shape index (κ2) is 6.76. The van der Waals surface area contributed by atoms with E-state index in [1.807, 2.05) is 42.2 Å². The van der Waals surface area contributed by atoms with Crippen LogP contribution in [0.4, 0.5) is 0 Å². The predicted molar refractivity (Wildman–Crippen MR) is 113 cm³/mol. The molecule has 0 unspecified atom stereocenters. The highest BCUT2D eigenvalue weighted by Crippen LogP contribution is 2.41. The number of hydrogen-bond donors (Lipinski definition) is 0. The smallest absolute Gasteiger partial charge is 0.256 e. The Hall–Kier alpha value is -3.08. The number of nitrogens with zero attached hydrogens (tertiary/aromatic N) is 2. The van der Waals surface area contributed by atoms with Gasteiger partial charge in [0.25, 0.3) is 5.91 Å². The van der Waals surface area contributed by atoms with Crippen LogP contribution in [-0.2, 0) is 4.79 Å². The molecular weight excluding hydrogens is 364 g/mol. The van der Waals surface area contributed by atoms with E-state index in [0.717, 1.165) is 64.9 Å². The maximum Gasteiger partial charge on any atom is 0.256 e. The molecule has 1 saturated carbocycles. The normalized spacial score (nSPS) is 18.1. The molecule has 2 aromatic carbocycles. The average Bonchev–Trinajstić information content (AvgIpc) is 3.47. The summed E-state index contributed by atoms with van der Waals surface area (Å²) in [6, 6.07) is 14.2. The van der Waals surface area contributed by atoms with Gasteiger partial charge in [-0.3, -0.25) is 14.7 Å². The molecule has 2 aliphatic rings. The van der Waals surface area contributed by atoms with Crippen molar-refractivity contribution in [2.45, 2.75) is 38.1 Å². The largest absolute Gasteiger partial charge is 0.496 e. The Morgan fingerprint density at radius 1 is 1.10 bits per heavy atom. The van der Waals surface area contributed by atoms with Crippen LogP contribution in [0.2, 0.25) is 0 Å². The topological polar surface area (TPSA) is 55.0 Å². The number of carbonyl (C=O) groups excluding carboxylic acids is 1. The Balaban J connectivity index is 1.58. The third-order valence-corrected chi connectivity index (χ3v) is 6.19. The van der Waals surface area contributed by atoms with Crippen LogP contribution < -0.4 is 4.74 Å². The summed E-state index contributed by atoms with van der Waals surface area (Å²) in [5.74, 6) is 1.62. The third kappa shape index (κ3) is 2.76. The second-order valence-electron chi connectivity index (χ2n) is 7.81. The van der Waals surface area contributed by atoms with Gasteiger partial charge in [0.15, 0.2) is 0 Å². The SMILES string of the molecule is CCN1C(=O)C2(CCCC2)N=C1c1ccc(-c2ccc3occc3c2)cc1OC. The predicted octanol–water partition coefficient (Wildman–Crippen LogP) is 5.03. The van der Waals surface area contributed by atoms with Crippen LogP contribution >= 0.6 is 0 Å². The number of amides is 1. The van der Waals surface area contributed by atoms with E-state index in [2.05, 4.69) is 12.1 Å². The molecular formula is C24H24N2O3. The number of likely N-dealkylation sites (N-methyl/N-ethyl adjacent to an activating group) is 1. The minimum absolute atomic E-state index is 0.143. The molecule has 5 nitrogen and oxygen atoms in total. The minimum Gasteiger partial charge on any atom is -0.496 e. The van der Waals surface area contributed by atoms with Crippen molar-refractivity contribution < 1.29 is 13.9 Å². The Labute approximate surface area is 170 Å². The molecule has 1 fully saturated rings. The molecule has 1 aromatic heterocycles. The number of hydrogen-bond acceptors (Lipinski definition) is 4. The zero-order valence-electron chi connectivity index (χ0n) is 16.8. The zero-order chi connectivity index (χ0) is 20.0. The molecule has 0 atom stereocenters. The summed E-state index contributed by atoms with van der Waals surface area (Å²) in [4.78, 5) is 19.9. The first-order chi connectivity index (χ1) is 14.1. The van der Waals surface area contributed by atoms with Gasteiger partial charge in [-0.1, -0.05) is 25.0 Å². The molecule has 0 saturated heterocycles. The summed E-state index contributed by atoms with van der Waals surface area (Å²) < 4.78 is 11.2. The van der Waals surface area contributed by atoms with Gasteiger partial charge in [0.05, 0.1) is 18.9 Å². The number of methoxy groups -OCH3 is 1. The molecule has 148 valence electrons. The molecule has 0 radical (unpaired) electrons. The number of fused-ring (bicyclic) bond motifs is 1. The summed E-state index contributed by atoms with van der Waals surface area (Å²) in [7, 11) is 1.67. The Kier molecular flexibility index (Phi) is 4.19. The Morgan fingerprint density at radius 2 is 1.86 bits per heavy atom. The Bertz CT molecular complexity index is 1120. The molecule has 0 bridgehead atoms. The van der Waals surface area contributed by atoms with Gasteiger partial charge in [-0.05, 0) is 61.2 Å². The van der Waals surface area contributed by atoms with E-state index in [4.69, 9.17) is 14.1 Å². The van der Waals surface area contributed by atoms with E-state index in [1.165, 1.54) is 0 Å². The summed E-state index contributed by atoms with van der Waals surface area (Å²) in [5.41, 5.74) is 3.34. The molecule has 29 heavy (non-hydrogen) atoms. The van der Waals surface area contributed by atoms with E-state index in [9.17, 15) is 4.79 Å². The molecule has 5 rings (SSSR count). The number of aliphatic imine (C=N–C) groups is 1. The number of ether oxygens (including phenoxy) is 1. The fraction of sp³-hybridized carbons (Fsp3) is 0.333. The van der Waals surface area contributed by atoms with Crippen LogP contribution in [0.25, 0.3) is 22.1 Å². The highest BCUT2D eigenvalue weighted by molar-refractivity contribution is 6.16. The maximum atomic E-state index is 13.1. The van der Waals surface area contributed by atoms with E-state index >= 15 is 0 Å². The van der Waals surface area contributed by atoms with Crippen LogP contribution in [0, 0.1) is 0 Å². The van der Waals surface area contributed by atoms with E-state index < -0.39 is 5.54 Å². The van der Waals surface area contributed by atoms with Crippen LogP contribution in [-0.4, -0.2) is 35.8 Å². The standard InChI is InChI=1S/C24H24N2O3/c1-3-26-22(25-24(23(26)27)11-4-5-12-24)19-8-6-17(15-21(19)28-2)16-7-9-20-18(14-16)10-13-29-20/h6-10,13-15H,3-5,11-12H2,1-2H3. The summed E-state index contributed by atoms with van der Waals surface area (Å²) >= 11 is 0. The molecule has 1 aliphatic carbocycles. The van der Waals surface area contributed by atoms with E-state index in [-0.39, 0.29) is 5.91 Å². The number of benzene rings is 2. The second-order valence-corrected chi connectivity index (χ2v) is 7.81. The van der Waals surface area contributed by atoms with E-state index in [0.29, 0.717) is 6.54 Å². The van der Waals surface area contributed by atoms with Gasteiger partial charge in [0.2, 0.25) is 0 Å².